The molecule has 1 aliphatic rings. The molecule has 0 saturated carbocycles. The first-order valence-corrected chi connectivity index (χ1v) is 9.28. The molecular formula is C10H21I. The predicted octanol–water partition coefficient (Wildman–Crippen LogP) is 3.87. The van der Waals surface area contributed by atoms with Gasteiger partial charge >= 0.3 is 78.6 Å². The molecule has 0 amide bonds. The van der Waals surface area contributed by atoms with Gasteiger partial charge in [-0.1, -0.05) is 0 Å². The van der Waals surface area contributed by atoms with Crippen molar-refractivity contribution in [1.82, 2.24) is 0 Å². The molecule has 1 fully saturated rings. The molecule has 11 heavy (non-hydrogen) atoms. The van der Waals surface area contributed by atoms with Crippen molar-refractivity contribution in [2.75, 3.05) is 8.86 Å². The molecule has 1 saturated heterocycles. The standard InChI is InChI=1S/C10H21I/c1-3-7-10(4-2)11-8-5-6-9-11/h10H,3-9H2,1-2H3. The summed E-state index contributed by atoms with van der Waals surface area (Å²) in [5.41, 5.74) is 0. The van der Waals surface area contributed by atoms with E-state index in [1.807, 2.05) is 0 Å². The van der Waals surface area contributed by atoms with Crippen molar-refractivity contribution in [3.63, 3.8) is 0 Å². The Labute approximate surface area is 78.5 Å². The molecule has 1 heterocycles. The fourth-order valence-electron chi connectivity index (χ4n) is 1.83. The van der Waals surface area contributed by atoms with Crippen molar-refractivity contribution in [2.45, 2.75) is 49.9 Å². The van der Waals surface area contributed by atoms with Crippen LogP contribution >= 0.6 is 19.8 Å². The van der Waals surface area contributed by atoms with E-state index in [0.717, 1.165) is 0 Å². The summed E-state index contributed by atoms with van der Waals surface area (Å²) in [5.74, 6) is 0. The minimum absolute atomic E-state index is 0.381. The maximum atomic E-state index is 2.40. The van der Waals surface area contributed by atoms with Gasteiger partial charge in [-0.15, -0.1) is 0 Å². The van der Waals surface area contributed by atoms with Gasteiger partial charge in [-0.25, -0.2) is 0 Å². The molecule has 0 aromatic rings. The molecule has 1 aliphatic heterocycles. The molecule has 1 rings (SSSR count). The van der Waals surface area contributed by atoms with Gasteiger partial charge in [-0.05, 0) is 0 Å². The van der Waals surface area contributed by atoms with E-state index in [9.17, 15) is 0 Å². The molecule has 0 spiro atoms. The Morgan fingerprint density at radius 3 is 2.27 bits per heavy atom. The summed E-state index contributed by atoms with van der Waals surface area (Å²) in [5, 5.41) is 0. The molecular weight excluding hydrogens is 247 g/mol. The van der Waals surface area contributed by atoms with Gasteiger partial charge in [-0.3, -0.25) is 0 Å². The summed E-state index contributed by atoms with van der Waals surface area (Å²) in [7, 11) is 0. The summed E-state index contributed by atoms with van der Waals surface area (Å²) in [6.45, 7) is 4.74. The molecule has 0 aromatic carbocycles. The second-order valence-electron chi connectivity index (χ2n) is 3.38. The Kier molecular flexibility index (Phi) is 4.81. The fraction of sp³-hybridized carbons (Fsp3) is 1.00. The molecule has 0 radical (unpaired) electrons. The van der Waals surface area contributed by atoms with Crippen LogP contribution in [0.1, 0.15) is 46.0 Å². The van der Waals surface area contributed by atoms with Crippen LogP contribution in [0.5, 0.6) is 0 Å². The van der Waals surface area contributed by atoms with Gasteiger partial charge in [0.1, 0.15) is 0 Å². The summed E-state index contributed by atoms with van der Waals surface area (Å²) in [6, 6.07) is 0. The van der Waals surface area contributed by atoms with E-state index in [0.29, 0.717) is 0 Å². The van der Waals surface area contributed by atoms with Crippen LogP contribution < -0.4 is 0 Å². The molecule has 0 aromatic heterocycles. The fourth-order valence-corrected chi connectivity index (χ4v) is 9.91. The first-order valence-electron chi connectivity index (χ1n) is 4.98. The molecule has 0 bridgehead atoms. The van der Waals surface area contributed by atoms with Gasteiger partial charge in [-0.2, -0.15) is 0 Å². The van der Waals surface area contributed by atoms with Gasteiger partial charge in [0.25, 0.3) is 0 Å². The molecule has 1 atom stereocenters. The van der Waals surface area contributed by atoms with Crippen LogP contribution in [0.2, 0.25) is 0 Å². The Balaban J connectivity index is 2.27. The van der Waals surface area contributed by atoms with Crippen LogP contribution in [0.15, 0.2) is 0 Å². The first kappa shape index (κ1) is 9.82. The van der Waals surface area contributed by atoms with Crippen LogP contribution in [0.3, 0.4) is 0 Å². The van der Waals surface area contributed by atoms with E-state index in [1.54, 1.807) is 28.1 Å². The average molecular weight is 268 g/mol. The molecule has 68 valence electrons. The third-order valence-electron chi connectivity index (χ3n) is 2.48. The molecule has 1 heteroatoms. The van der Waals surface area contributed by atoms with Crippen molar-refractivity contribution in [2.24, 2.45) is 0 Å². The van der Waals surface area contributed by atoms with Gasteiger partial charge in [0.2, 0.25) is 0 Å². The van der Waals surface area contributed by atoms with Crippen molar-refractivity contribution >= 4 is 19.8 Å². The van der Waals surface area contributed by atoms with E-state index < -0.39 is 0 Å². The van der Waals surface area contributed by atoms with E-state index in [-0.39, 0.29) is 19.8 Å². The van der Waals surface area contributed by atoms with E-state index in [1.165, 1.54) is 16.8 Å². The first-order chi connectivity index (χ1) is 5.38. The number of alkyl halides is 3. The second-order valence-corrected chi connectivity index (χ2v) is 10.1. The molecule has 0 aliphatic carbocycles. The summed E-state index contributed by atoms with van der Waals surface area (Å²) in [4.78, 5) is 0. The Hall–Kier alpha value is 0.730. The predicted molar refractivity (Wildman–Crippen MR) is 62.0 cm³/mol. The van der Waals surface area contributed by atoms with Crippen molar-refractivity contribution < 1.29 is 0 Å². The summed E-state index contributed by atoms with van der Waals surface area (Å²) in [6.07, 6.45) is 7.60. The zero-order valence-corrected chi connectivity index (χ0v) is 10.1. The number of rotatable bonds is 4. The normalized spacial score (nSPS) is 24.0. The van der Waals surface area contributed by atoms with Crippen LogP contribution in [-0.2, 0) is 0 Å². The SMILES string of the molecule is CCCC(CC)I1CCCC1. The van der Waals surface area contributed by atoms with Gasteiger partial charge in [0.15, 0.2) is 0 Å². The number of hydrogen-bond acceptors (Lipinski definition) is 0. The molecule has 1 unspecified atom stereocenters. The summed E-state index contributed by atoms with van der Waals surface area (Å²) >= 11 is -0.381. The van der Waals surface area contributed by atoms with Crippen LogP contribution in [-0.4, -0.2) is 12.8 Å². The van der Waals surface area contributed by atoms with E-state index in [2.05, 4.69) is 13.8 Å². The van der Waals surface area contributed by atoms with Crippen LogP contribution in [0, 0.1) is 0 Å². The topological polar surface area (TPSA) is 0 Å². The number of halogens is 1. The molecule has 0 N–H and O–H groups in total. The Morgan fingerprint density at radius 2 is 1.82 bits per heavy atom. The zero-order chi connectivity index (χ0) is 8.10. The van der Waals surface area contributed by atoms with Crippen LogP contribution in [0.25, 0.3) is 0 Å². The summed E-state index contributed by atoms with van der Waals surface area (Å²) < 4.78 is 4.58. The quantitative estimate of drug-likeness (QED) is 0.536. The number of hydrogen-bond donors (Lipinski definition) is 0. The molecule has 0 nitrogen and oxygen atoms in total. The Bertz CT molecular complexity index is 95.0. The average Bonchev–Trinajstić information content (AvgIpc) is 2.52. The third-order valence-corrected chi connectivity index (χ3v) is 10.8. The third kappa shape index (κ3) is 2.92. The van der Waals surface area contributed by atoms with Crippen molar-refractivity contribution in [3.05, 3.63) is 0 Å². The Morgan fingerprint density at radius 1 is 1.18 bits per heavy atom. The zero-order valence-electron chi connectivity index (χ0n) is 7.91. The van der Waals surface area contributed by atoms with Crippen molar-refractivity contribution in [1.29, 1.82) is 0 Å². The van der Waals surface area contributed by atoms with E-state index >= 15 is 0 Å². The second kappa shape index (κ2) is 5.39. The minimum atomic E-state index is -0.381. The van der Waals surface area contributed by atoms with Crippen molar-refractivity contribution in [3.8, 4) is 0 Å². The van der Waals surface area contributed by atoms with Gasteiger partial charge < -0.3 is 0 Å². The van der Waals surface area contributed by atoms with Gasteiger partial charge in [0.05, 0.1) is 0 Å². The van der Waals surface area contributed by atoms with E-state index in [4.69, 9.17) is 0 Å². The monoisotopic (exact) mass is 268 g/mol. The van der Waals surface area contributed by atoms with Gasteiger partial charge in [0, 0.05) is 0 Å². The maximum absolute atomic E-state index is 2.40. The van der Waals surface area contributed by atoms with Crippen LogP contribution in [0.4, 0.5) is 0 Å².